The number of unbranched alkanes of at least 4 members (excludes halogenated alkanes) is 5. The molecule has 0 unspecified atom stereocenters. The van der Waals surface area contributed by atoms with Crippen molar-refractivity contribution < 1.29 is 9.59 Å². The van der Waals surface area contributed by atoms with Crippen molar-refractivity contribution in [2.75, 3.05) is 0 Å². The van der Waals surface area contributed by atoms with Crippen LogP contribution in [0.3, 0.4) is 0 Å². The minimum atomic E-state index is -0.516. The Morgan fingerprint density at radius 1 is 0.742 bits per heavy atom. The molecule has 0 saturated heterocycles. The molecule has 0 saturated carbocycles. The smallest absolute Gasteiger partial charge is 0.252 e. The molecule has 0 bridgehead atoms. The maximum absolute atomic E-state index is 12.6. The van der Waals surface area contributed by atoms with Crippen molar-refractivity contribution in [1.82, 2.24) is 10.6 Å². The summed E-state index contributed by atoms with van der Waals surface area (Å²) in [6.45, 7) is 2.17. The van der Waals surface area contributed by atoms with Crippen LogP contribution in [0.5, 0.6) is 0 Å². The summed E-state index contributed by atoms with van der Waals surface area (Å²) in [5, 5.41) is 23.6. The summed E-state index contributed by atoms with van der Waals surface area (Å²) >= 11 is 0. The molecule has 31 heavy (non-hydrogen) atoms. The summed E-state index contributed by atoms with van der Waals surface area (Å²) < 4.78 is 0. The molecule has 0 aromatic heterocycles. The van der Waals surface area contributed by atoms with Crippen molar-refractivity contribution in [1.29, 1.82) is 10.5 Å². The first-order valence-corrected chi connectivity index (χ1v) is 10.7. The number of hydrogen-bond acceptors (Lipinski definition) is 4. The highest BCUT2D eigenvalue weighted by atomic mass is 16.2. The summed E-state index contributed by atoms with van der Waals surface area (Å²) in [5.41, 5.74) is 1.82. The van der Waals surface area contributed by atoms with Crippen LogP contribution in [0.1, 0.15) is 83.7 Å². The third kappa shape index (κ3) is 7.95. The lowest BCUT2D eigenvalue weighted by Gasteiger charge is -2.20. The molecule has 0 spiro atoms. The molecule has 6 nitrogen and oxygen atoms in total. The molecule has 0 aliphatic carbocycles. The van der Waals surface area contributed by atoms with Gasteiger partial charge >= 0.3 is 0 Å². The minimum Gasteiger partial charge on any atom is -0.332 e. The van der Waals surface area contributed by atoms with Crippen LogP contribution in [0.25, 0.3) is 0 Å². The van der Waals surface area contributed by atoms with E-state index < -0.39 is 6.17 Å². The molecular formula is C25H28N4O2. The Morgan fingerprint density at radius 2 is 1.16 bits per heavy atom. The lowest BCUT2D eigenvalue weighted by atomic mass is 10.1. The zero-order valence-corrected chi connectivity index (χ0v) is 17.9. The van der Waals surface area contributed by atoms with Gasteiger partial charge in [-0.05, 0) is 61.4 Å². The van der Waals surface area contributed by atoms with E-state index in [2.05, 4.69) is 17.6 Å². The van der Waals surface area contributed by atoms with Crippen LogP contribution in [0.15, 0.2) is 48.5 Å². The van der Waals surface area contributed by atoms with Crippen LogP contribution in [0.2, 0.25) is 0 Å². The van der Waals surface area contributed by atoms with Gasteiger partial charge < -0.3 is 10.6 Å². The maximum Gasteiger partial charge on any atom is 0.252 e. The van der Waals surface area contributed by atoms with E-state index in [1.54, 1.807) is 48.5 Å². The largest absolute Gasteiger partial charge is 0.332 e. The van der Waals surface area contributed by atoms with Gasteiger partial charge in [0.2, 0.25) is 0 Å². The molecule has 2 N–H and O–H groups in total. The molecule has 0 aliphatic heterocycles. The maximum atomic E-state index is 12.6. The van der Waals surface area contributed by atoms with Gasteiger partial charge in [-0.2, -0.15) is 10.5 Å². The molecule has 0 fully saturated rings. The quantitative estimate of drug-likeness (QED) is 0.410. The highest BCUT2D eigenvalue weighted by molar-refractivity contribution is 5.96. The van der Waals surface area contributed by atoms with Crippen LogP contribution in [-0.4, -0.2) is 18.0 Å². The van der Waals surface area contributed by atoms with E-state index in [1.807, 2.05) is 12.1 Å². The molecule has 0 radical (unpaired) electrons. The molecule has 6 heteroatoms. The summed E-state index contributed by atoms with van der Waals surface area (Å²) in [5.74, 6) is -0.610. The molecule has 2 aromatic rings. The molecule has 2 rings (SSSR count). The number of nitrogens with zero attached hydrogens (tertiary/aromatic N) is 2. The van der Waals surface area contributed by atoms with Gasteiger partial charge in [-0.1, -0.05) is 39.0 Å². The lowest BCUT2D eigenvalue weighted by molar-refractivity contribution is 0.0879. The predicted molar refractivity (Wildman–Crippen MR) is 119 cm³/mol. The van der Waals surface area contributed by atoms with Crippen molar-refractivity contribution in [3.05, 3.63) is 70.8 Å². The normalized spacial score (nSPS) is 10.2. The van der Waals surface area contributed by atoms with Crippen LogP contribution < -0.4 is 10.6 Å². The fraction of sp³-hybridized carbons (Fsp3) is 0.360. The van der Waals surface area contributed by atoms with Crippen molar-refractivity contribution in [2.45, 2.75) is 58.0 Å². The average Bonchev–Trinajstić information content (AvgIpc) is 2.81. The number of amides is 2. The Balaban J connectivity index is 2.01. The zero-order chi connectivity index (χ0) is 22.5. The van der Waals surface area contributed by atoms with Crippen molar-refractivity contribution in [2.24, 2.45) is 0 Å². The highest BCUT2D eigenvalue weighted by Crippen LogP contribution is 2.10. The molecular weight excluding hydrogens is 388 g/mol. The van der Waals surface area contributed by atoms with Crippen molar-refractivity contribution in [3.63, 3.8) is 0 Å². The molecule has 2 aromatic carbocycles. The molecule has 0 atom stereocenters. The molecule has 0 aliphatic rings. The first kappa shape index (κ1) is 23.6. The number of carbonyl (C=O) groups is 2. The van der Waals surface area contributed by atoms with E-state index >= 15 is 0 Å². The second-order valence-electron chi connectivity index (χ2n) is 7.43. The van der Waals surface area contributed by atoms with Gasteiger partial charge in [-0.15, -0.1) is 0 Å². The first-order chi connectivity index (χ1) is 15.1. The summed E-state index contributed by atoms with van der Waals surface area (Å²) in [4.78, 5) is 25.3. The number of nitrogens with one attached hydrogen (secondary N) is 2. The van der Waals surface area contributed by atoms with Gasteiger partial charge in [-0.3, -0.25) is 9.59 Å². The van der Waals surface area contributed by atoms with E-state index in [9.17, 15) is 9.59 Å². The van der Waals surface area contributed by atoms with Gasteiger partial charge in [0.1, 0.15) is 6.17 Å². The van der Waals surface area contributed by atoms with E-state index in [0.717, 1.165) is 19.3 Å². The van der Waals surface area contributed by atoms with E-state index in [4.69, 9.17) is 10.5 Å². The second-order valence-corrected chi connectivity index (χ2v) is 7.43. The Labute approximate surface area is 183 Å². The van der Waals surface area contributed by atoms with Gasteiger partial charge in [0.15, 0.2) is 0 Å². The van der Waals surface area contributed by atoms with E-state index in [1.165, 1.54) is 19.3 Å². The Hall–Kier alpha value is -3.64. The van der Waals surface area contributed by atoms with Crippen molar-refractivity contribution in [3.8, 4) is 12.1 Å². The third-order valence-corrected chi connectivity index (χ3v) is 5.01. The van der Waals surface area contributed by atoms with Gasteiger partial charge in [-0.25, -0.2) is 0 Å². The van der Waals surface area contributed by atoms with Crippen LogP contribution >= 0.6 is 0 Å². The molecule has 0 heterocycles. The van der Waals surface area contributed by atoms with Crippen LogP contribution in [-0.2, 0) is 0 Å². The first-order valence-electron chi connectivity index (χ1n) is 10.7. The Bertz CT molecular complexity index is 866. The number of carbonyl (C=O) groups excluding carboxylic acids is 2. The monoisotopic (exact) mass is 416 g/mol. The van der Waals surface area contributed by atoms with Gasteiger partial charge in [0.05, 0.1) is 23.3 Å². The SMILES string of the molecule is CCCCCCCCC(NC(=O)c1ccc(C#N)cc1)NC(=O)c1ccc(C#N)cc1. The topological polar surface area (TPSA) is 106 Å². The number of nitriles is 2. The van der Waals surface area contributed by atoms with E-state index in [0.29, 0.717) is 28.7 Å². The minimum absolute atomic E-state index is 0.305. The zero-order valence-electron chi connectivity index (χ0n) is 17.9. The second kappa shape index (κ2) is 12.8. The lowest BCUT2D eigenvalue weighted by Crippen LogP contribution is -2.48. The number of hydrogen-bond donors (Lipinski definition) is 2. The fourth-order valence-electron chi connectivity index (χ4n) is 3.18. The van der Waals surface area contributed by atoms with Crippen LogP contribution in [0, 0.1) is 22.7 Å². The van der Waals surface area contributed by atoms with Gasteiger partial charge in [0, 0.05) is 11.1 Å². The summed E-state index contributed by atoms with van der Waals surface area (Å²) in [6.07, 6.45) is 6.75. The van der Waals surface area contributed by atoms with E-state index in [-0.39, 0.29) is 11.8 Å². The Kier molecular flexibility index (Phi) is 9.78. The molecule has 160 valence electrons. The highest BCUT2D eigenvalue weighted by Gasteiger charge is 2.17. The summed E-state index contributed by atoms with van der Waals surface area (Å²) in [7, 11) is 0. The predicted octanol–water partition coefficient (Wildman–Crippen LogP) is 4.67. The average molecular weight is 417 g/mol. The number of rotatable bonds is 11. The Morgan fingerprint density at radius 3 is 1.58 bits per heavy atom. The van der Waals surface area contributed by atoms with Crippen molar-refractivity contribution >= 4 is 11.8 Å². The summed E-state index contributed by atoms with van der Waals surface area (Å²) in [6, 6.07) is 16.8. The third-order valence-electron chi connectivity index (χ3n) is 5.01. The standard InChI is InChI=1S/C25H28N4O2/c1-2-3-4-5-6-7-8-23(28-24(30)21-13-9-19(17-26)10-14-21)29-25(31)22-15-11-20(18-27)12-16-22/h9-16,23H,2-8H2,1H3,(H,28,30)(H,29,31). The number of benzene rings is 2. The van der Waals surface area contributed by atoms with Crippen LogP contribution in [0.4, 0.5) is 0 Å². The van der Waals surface area contributed by atoms with Gasteiger partial charge in [0.25, 0.3) is 11.8 Å². The molecule has 2 amide bonds. The fourth-order valence-corrected chi connectivity index (χ4v) is 3.18.